The van der Waals surface area contributed by atoms with Crippen LogP contribution in [0.25, 0.3) is 0 Å². The molecule has 0 spiro atoms. The van der Waals surface area contributed by atoms with Gasteiger partial charge in [0.2, 0.25) is 6.29 Å². The molecular formula is C23H22NO4. The second-order valence-electron chi connectivity index (χ2n) is 6.22. The van der Waals surface area contributed by atoms with Crippen molar-refractivity contribution in [2.24, 2.45) is 0 Å². The average Bonchev–Trinajstić information content (AvgIpc) is 2.70. The number of benzene rings is 3. The van der Waals surface area contributed by atoms with Crippen LogP contribution >= 0.6 is 0 Å². The van der Waals surface area contributed by atoms with Crippen LogP contribution in [0.4, 0.5) is 10.5 Å². The lowest BCUT2D eigenvalue weighted by Gasteiger charge is -2.18. The van der Waals surface area contributed by atoms with E-state index in [-0.39, 0.29) is 12.2 Å². The minimum atomic E-state index is -0.862. The Bertz CT molecular complexity index is 894. The molecule has 1 amide bonds. The normalized spacial score (nSPS) is 11.5. The van der Waals surface area contributed by atoms with Crippen molar-refractivity contribution in [1.29, 1.82) is 0 Å². The summed E-state index contributed by atoms with van der Waals surface area (Å²) in [6, 6.07) is 24.0. The lowest BCUT2D eigenvalue weighted by Crippen LogP contribution is -2.26. The third kappa shape index (κ3) is 5.77. The molecule has 3 rings (SSSR count). The molecule has 1 radical (unpaired) electrons. The van der Waals surface area contributed by atoms with E-state index < -0.39 is 12.4 Å². The van der Waals surface area contributed by atoms with E-state index in [4.69, 9.17) is 9.47 Å². The Hall–Kier alpha value is -3.47. The minimum Gasteiger partial charge on any atom is -0.508 e. The largest absolute Gasteiger partial charge is 0.508 e. The zero-order valence-corrected chi connectivity index (χ0v) is 15.4. The van der Waals surface area contributed by atoms with Crippen LogP contribution in [0.15, 0.2) is 78.9 Å². The quantitative estimate of drug-likeness (QED) is 0.559. The van der Waals surface area contributed by atoms with Crippen molar-refractivity contribution in [1.82, 2.24) is 0 Å². The van der Waals surface area contributed by atoms with Gasteiger partial charge in [0, 0.05) is 18.2 Å². The molecule has 0 bridgehead atoms. The van der Waals surface area contributed by atoms with Crippen molar-refractivity contribution in [3.8, 4) is 11.5 Å². The molecule has 0 aliphatic carbocycles. The molecular weight excluding hydrogens is 354 g/mol. The fourth-order valence-corrected chi connectivity index (χ4v) is 2.65. The van der Waals surface area contributed by atoms with Gasteiger partial charge in [0.1, 0.15) is 11.5 Å². The van der Waals surface area contributed by atoms with E-state index in [2.05, 4.69) is 24.4 Å². The number of carbonyl (C=O) groups excluding carboxylic acids is 1. The molecule has 143 valence electrons. The van der Waals surface area contributed by atoms with E-state index in [0.29, 0.717) is 11.4 Å². The minimum absolute atomic E-state index is 0.0698. The molecule has 5 nitrogen and oxygen atoms in total. The van der Waals surface area contributed by atoms with Crippen molar-refractivity contribution >= 4 is 11.8 Å². The molecule has 0 aliphatic heterocycles. The highest BCUT2D eigenvalue weighted by Crippen LogP contribution is 2.20. The van der Waals surface area contributed by atoms with Crippen LogP contribution in [0.3, 0.4) is 0 Å². The van der Waals surface area contributed by atoms with Crippen LogP contribution in [0.5, 0.6) is 11.5 Å². The number of amides is 1. The number of hydrogen-bond donors (Lipinski definition) is 2. The second kappa shape index (κ2) is 9.46. The molecule has 5 heteroatoms. The van der Waals surface area contributed by atoms with Gasteiger partial charge >= 0.3 is 6.09 Å². The number of ether oxygens (including phenoxy) is 2. The predicted octanol–water partition coefficient (Wildman–Crippen LogP) is 5.16. The van der Waals surface area contributed by atoms with E-state index in [0.717, 1.165) is 12.0 Å². The lowest BCUT2D eigenvalue weighted by molar-refractivity contribution is -0.0240. The highest BCUT2D eigenvalue weighted by atomic mass is 16.7. The molecule has 0 fully saturated rings. The monoisotopic (exact) mass is 376 g/mol. The fraction of sp³-hybridized carbons (Fsp3) is 0.130. The molecule has 3 aromatic rings. The maximum atomic E-state index is 12.1. The molecule has 0 saturated heterocycles. The van der Waals surface area contributed by atoms with Gasteiger partial charge in [-0.05, 0) is 48.7 Å². The van der Waals surface area contributed by atoms with Gasteiger partial charge in [0.15, 0.2) is 0 Å². The SMILES string of the molecule is [CH2]C[C@@H](OC(=O)Nc1ccc(Cc2ccccc2)cc1)Oc1cccc(O)c1. The molecule has 0 aliphatic rings. The molecule has 1 atom stereocenters. The standard InChI is InChI=1S/C23H22NO4/c1-2-22(27-21-10-6-9-20(25)16-21)28-23(26)24-19-13-11-18(12-14-19)15-17-7-4-3-5-8-17/h3-14,16,22,25H,1-2,15H2,(H,24,26)/t22-/m1/s1. The van der Waals surface area contributed by atoms with Crippen molar-refractivity contribution in [3.63, 3.8) is 0 Å². The van der Waals surface area contributed by atoms with Crippen molar-refractivity contribution in [3.05, 3.63) is 96.9 Å². The first-order valence-corrected chi connectivity index (χ1v) is 8.98. The van der Waals surface area contributed by atoms with Gasteiger partial charge < -0.3 is 14.6 Å². The van der Waals surface area contributed by atoms with Gasteiger partial charge in [-0.2, -0.15) is 0 Å². The summed E-state index contributed by atoms with van der Waals surface area (Å²) >= 11 is 0. The van der Waals surface area contributed by atoms with Gasteiger partial charge in [0.25, 0.3) is 0 Å². The zero-order chi connectivity index (χ0) is 19.8. The molecule has 0 aromatic heterocycles. The van der Waals surface area contributed by atoms with E-state index >= 15 is 0 Å². The van der Waals surface area contributed by atoms with E-state index in [1.807, 2.05) is 42.5 Å². The van der Waals surface area contributed by atoms with Crippen molar-refractivity contribution in [2.45, 2.75) is 19.1 Å². The smallest absolute Gasteiger partial charge is 0.414 e. The number of phenolic OH excluding ortho intramolecular Hbond substituents is 1. The summed E-state index contributed by atoms with van der Waals surface area (Å²) in [6.45, 7) is 3.72. The van der Waals surface area contributed by atoms with Gasteiger partial charge in [0.05, 0.1) is 0 Å². The summed E-state index contributed by atoms with van der Waals surface area (Å²) in [5.41, 5.74) is 3.00. The maximum Gasteiger partial charge on any atom is 0.414 e. The first-order valence-electron chi connectivity index (χ1n) is 8.98. The fourth-order valence-electron chi connectivity index (χ4n) is 2.65. The maximum absolute atomic E-state index is 12.1. The zero-order valence-electron chi connectivity index (χ0n) is 15.4. The Labute approximate surface area is 164 Å². The Morgan fingerprint density at radius 3 is 2.36 bits per heavy atom. The summed E-state index contributed by atoms with van der Waals surface area (Å²) in [6.07, 6.45) is -0.449. The molecule has 3 aromatic carbocycles. The molecule has 0 heterocycles. The molecule has 0 saturated carbocycles. The topological polar surface area (TPSA) is 67.8 Å². The Kier molecular flexibility index (Phi) is 6.52. The third-order valence-electron chi connectivity index (χ3n) is 4.01. The van der Waals surface area contributed by atoms with Crippen molar-refractivity contribution in [2.75, 3.05) is 5.32 Å². The highest BCUT2D eigenvalue weighted by molar-refractivity contribution is 5.84. The summed E-state index contributed by atoms with van der Waals surface area (Å²) in [5.74, 6) is 0.465. The van der Waals surface area contributed by atoms with Crippen LogP contribution in [-0.2, 0) is 11.2 Å². The van der Waals surface area contributed by atoms with Gasteiger partial charge in [-0.3, -0.25) is 5.32 Å². The van der Waals surface area contributed by atoms with Crippen LogP contribution < -0.4 is 10.1 Å². The Morgan fingerprint density at radius 1 is 0.964 bits per heavy atom. The number of nitrogens with one attached hydrogen (secondary N) is 1. The van der Waals surface area contributed by atoms with E-state index in [1.54, 1.807) is 12.1 Å². The number of carbonyl (C=O) groups is 1. The Morgan fingerprint density at radius 2 is 1.68 bits per heavy atom. The predicted molar refractivity (Wildman–Crippen MR) is 108 cm³/mol. The number of anilines is 1. The van der Waals surface area contributed by atoms with Crippen LogP contribution in [0.2, 0.25) is 0 Å². The first-order chi connectivity index (χ1) is 13.6. The van der Waals surface area contributed by atoms with Crippen LogP contribution in [0, 0.1) is 6.92 Å². The van der Waals surface area contributed by atoms with Gasteiger partial charge in [-0.25, -0.2) is 4.79 Å². The number of hydrogen-bond acceptors (Lipinski definition) is 4. The van der Waals surface area contributed by atoms with Gasteiger partial charge in [-0.1, -0.05) is 48.5 Å². The number of aromatic hydroxyl groups is 1. The molecule has 28 heavy (non-hydrogen) atoms. The van der Waals surface area contributed by atoms with Crippen LogP contribution in [0.1, 0.15) is 17.5 Å². The van der Waals surface area contributed by atoms with Crippen LogP contribution in [-0.4, -0.2) is 17.5 Å². The van der Waals surface area contributed by atoms with E-state index in [9.17, 15) is 9.90 Å². The average molecular weight is 376 g/mol. The number of phenols is 1. The highest BCUT2D eigenvalue weighted by Gasteiger charge is 2.14. The first kappa shape index (κ1) is 19.3. The Balaban J connectivity index is 1.53. The molecule has 0 unspecified atom stereocenters. The second-order valence-corrected chi connectivity index (χ2v) is 6.22. The van der Waals surface area contributed by atoms with E-state index in [1.165, 1.54) is 17.7 Å². The number of rotatable bonds is 7. The summed E-state index contributed by atoms with van der Waals surface area (Å²) < 4.78 is 10.8. The lowest BCUT2D eigenvalue weighted by atomic mass is 10.1. The summed E-state index contributed by atoms with van der Waals surface area (Å²) in [4.78, 5) is 12.1. The molecule has 2 N–H and O–H groups in total. The van der Waals surface area contributed by atoms with Gasteiger partial charge in [-0.15, -0.1) is 0 Å². The van der Waals surface area contributed by atoms with Crippen molar-refractivity contribution < 1.29 is 19.4 Å². The third-order valence-corrected chi connectivity index (χ3v) is 4.01. The summed E-state index contributed by atoms with van der Waals surface area (Å²) in [5, 5.41) is 12.2. The summed E-state index contributed by atoms with van der Waals surface area (Å²) in [7, 11) is 0.